The Hall–Kier alpha value is -1.57. The van der Waals surface area contributed by atoms with Crippen LogP contribution in [-0.2, 0) is 11.3 Å². The Morgan fingerprint density at radius 1 is 1.55 bits per heavy atom. The average molecular weight is 290 g/mol. The molecule has 0 bridgehead atoms. The van der Waals surface area contributed by atoms with Crippen LogP contribution in [0.5, 0.6) is 0 Å². The van der Waals surface area contributed by atoms with Gasteiger partial charge in [0.05, 0.1) is 12.6 Å². The molecule has 112 valence electrons. The zero-order chi connectivity index (χ0) is 14.8. The Bertz CT molecular complexity index is 446. The van der Waals surface area contributed by atoms with Crippen molar-refractivity contribution in [2.75, 3.05) is 13.1 Å². The summed E-state index contributed by atoms with van der Waals surface area (Å²) in [6.07, 6.45) is -0.493. The van der Waals surface area contributed by atoms with E-state index in [2.05, 4.69) is 10.4 Å². The van der Waals surface area contributed by atoms with Gasteiger partial charge in [-0.05, 0) is 19.4 Å². The Morgan fingerprint density at radius 3 is 2.90 bits per heavy atom. The first kappa shape index (κ1) is 14.8. The van der Waals surface area contributed by atoms with E-state index in [0.717, 1.165) is 4.90 Å². The van der Waals surface area contributed by atoms with Crippen molar-refractivity contribution in [3.8, 4) is 0 Å². The van der Waals surface area contributed by atoms with Gasteiger partial charge >= 0.3 is 6.18 Å². The molecule has 1 aromatic rings. The molecule has 1 aliphatic rings. The van der Waals surface area contributed by atoms with Crippen LogP contribution in [0.25, 0.3) is 0 Å². The van der Waals surface area contributed by atoms with Crippen LogP contribution < -0.4 is 5.32 Å². The fraction of sp³-hybridized carbons (Fsp3) is 0.667. The van der Waals surface area contributed by atoms with Crippen molar-refractivity contribution in [2.24, 2.45) is 0 Å². The topological polar surface area (TPSA) is 50.2 Å². The summed E-state index contributed by atoms with van der Waals surface area (Å²) in [5.74, 6) is -0.477. The minimum absolute atomic E-state index is 0.0466. The maximum absolute atomic E-state index is 12.3. The number of carbonyl (C=O) groups excluding carboxylic acids is 1. The lowest BCUT2D eigenvalue weighted by Gasteiger charge is -2.21. The highest BCUT2D eigenvalue weighted by Crippen LogP contribution is 2.21. The van der Waals surface area contributed by atoms with E-state index in [-0.39, 0.29) is 12.6 Å². The van der Waals surface area contributed by atoms with Crippen molar-refractivity contribution in [2.45, 2.75) is 38.1 Å². The van der Waals surface area contributed by atoms with Gasteiger partial charge in [-0.15, -0.1) is 0 Å². The second-order valence-corrected chi connectivity index (χ2v) is 5.01. The van der Waals surface area contributed by atoms with Gasteiger partial charge in [0.2, 0.25) is 5.91 Å². The molecular weight excluding hydrogens is 273 g/mol. The predicted molar refractivity (Wildman–Crippen MR) is 65.9 cm³/mol. The normalized spacial score (nSPS) is 21.5. The largest absolute Gasteiger partial charge is 0.406 e. The highest BCUT2D eigenvalue weighted by Gasteiger charge is 2.39. The third-order valence-electron chi connectivity index (χ3n) is 3.17. The fourth-order valence-corrected chi connectivity index (χ4v) is 2.35. The van der Waals surface area contributed by atoms with Crippen LogP contribution in [0.4, 0.5) is 13.2 Å². The second-order valence-electron chi connectivity index (χ2n) is 5.01. The molecule has 1 aliphatic heterocycles. The van der Waals surface area contributed by atoms with E-state index >= 15 is 0 Å². The number of alkyl halides is 3. The van der Waals surface area contributed by atoms with E-state index in [4.69, 9.17) is 0 Å². The van der Waals surface area contributed by atoms with Crippen molar-refractivity contribution in [3.63, 3.8) is 0 Å². The molecule has 2 heterocycles. The van der Waals surface area contributed by atoms with Gasteiger partial charge in [0.15, 0.2) is 0 Å². The van der Waals surface area contributed by atoms with Crippen molar-refractivity contribution in [3.05, 3.63) is 18.5 Å². The molecule has 8 heteroatoms. The molecule has 0 aliphatic carbocycles. The number of halogens is 3. The van der Waals surface area contributed by atoms with Crippen molar-refractivity contribution < 1.29 is 18.0 Å². The molecule has 1 saturated heterocycles. The maximum atomic E-state index is 12.3. The smallest absolute Gasteiger partial charge is 0.332 e. The highest BCUT2D eigenvalue weighted by atomic mass is 19.4. The minimum atomic E-state index is -4.34. The highest BCUT2D eigenvalue weighted by molar-refractivity contribution is 5.84. The molecule has 2 rings (SSSR count). The zero-order valence-corrected chi connectivity index (χ0v) is 11.1. The van der Waals surface area contributed by atoms with E-state index in [9.17, 15) is 18.0 Å². The van der Waals surface area contributed by atoms with E-state index in [0.29, 0.717) is 13.0 Å². The number of amides is 1. The number of hydrogen-bond acceptors (Lipinski definition) is 3. The van der Waals surface area contributed by atoms with Gasteiger partial charge in [-0.1, -0.05) is 0 Å². The average Bonchev–Trinajstić information content (AvgIpc) is 2.92. The molecular formula is C12H17F3N4O. The third-order valence-corrected chi connectivity index (χ3v) is 3.17. The summed E-state index contributed by atoms with van der Waals surface area (Å²) in [7, 11) is 0. The number of likely N-dealkylation sites (tertiary alicyclic amines) is 1. The molecule has 1 fully saturated rings. The van der Waals surface area contributed by atoms with Crippen molar-refractivity contribution in [1.29, 1.82) is 0 Å². The molecule has 0 aromatic carbocycles. The van der Waals surface area contributed by atoms with Gasteiger partial charge in [-0.2, -0.15) is 18.3 Å². The summed E-state index contributed by atoms with van der Waals surface area (Å²) in [6, 6.07) is 1.20. The Kier molecular flexibility index (Phi) is 4.32. The van der Waals surface area contributed by atoms with Crippen LogP contribution in [0, 0.1) is 0 Å². The van der Waals surface area contributed by atoms with Crippen molar-refractivity contribution in [1.82, 2.24) is 20.0 Å². The van der Waals surface area contributed by atoms with Gasteiger partial charge in [0.25, 0.3) is 0 Å². The molecule has 1 N–H and O–H groups in total. The van der Waals surface area contributed by atoms with Gasteiger partial charge in [0.1, 0.15) is 6.54 Å². The lowest BCUT2D eigenvalue weighted by molar-refractivity contribution is -0.158. The van der Waals surface area contributed by atoms with Crippen LogP contribution in [0.2, 0.25) is 0 Å². The SMILES string of the molecule is C[C@H](Cn1cccn1)N[C@@H]1CCN(CC(F)(F)F)C1=O. The molecule has 20 heavy (non-hydrogen) atoms. The number of nitrogens with zero attached hydrogens (tertiary/aromatic N) is 3. The predicted octanol–water partition coefficient (Wildman–Crippen LogP) is 1.02. The summed E-state index contributed by atoms with van der Waals surface area (Å²) in [4.78, 5) is 12.7. The monoisotopic (exact) mass is 290 g/mol. The lowest BCUT2D eigenvalue weighted by Crippen LogP contribution is -2.45. The number of nitrogens with one attached hydrogen (secondary N) is 1. The summed E-state index contributed by atoms with van der Waals surface area (Å²) < 4.78 is 38.6. The summed E-state index contributed by atoms with van der Waals surface area (Å²) in [5.41, 5.74) is 0. The molecule has 0 spiro atoms. The van der Waals surface area contributed by atoms with Crippen LogP contribution in [-0.4, -0.2) is 51.9 Å². The van der Waals surface area contributed by atoms with Crippen LogP contribution in [0.1, 0.15) is 13.3 Å². The number of carbonyl (C=O) groups is 1. The molecule has 0 saturated carbocycles. The molecule has 1 amide bonds. The molecule has 1 aromatic heterocycles. The summed E-state index contributed by atoms with van der Waals surface area (Å²) in [5, 5.41) is 7.11. The van der Waals surface area contributed by atoms with Crippen LogP contribution >= 0.6 is 0 Å². The number of hydrogen-bond donors (Lipinski definition) is 1. The van der Waals surface area contributed by atoms with E-state index < -0.39 is 24.7 Å². The summed E-state index contributed by atoms with van der Waals surface area (Å²) >= 11 is 0. The minimum Gasteiger partial charge on any atom is -0.332 e. The molecule has 2 atom stereocenters. The van der Waals surface area contributed by atoms with Crippen molar-refractivity contribution >= 4 is 5.91 Å². The van der Waals surface area contributed by atoms with E-state index in [1.807, 2.05) is 6.92 Å². The fourth-order valence-electron chi connectivity index (χ4n) is 2.35. The van der Waals surface area contributed by atoms with Gasteiger partial charge in [-0.25, -0.2) is 0 Å². The van der Waals surface area contributed by atoms with Gasteiger partial charge < -0.3 is 10.2 Å². The summed E-state index contributed by atoms with van der Waals surface area (Å²) in [6.45, 7) is 1.42. The van der Waals surface area contributed by atoms with E-state index in [1.54, 1.807) is 23.1 Å². The first-order chi connectivity index (χ1) is 9.35. The maximum Gasteiger partial charge on any atom is 0.406 e. The quantitative estimate of drug-likeness (QED) is 0.881. The third kappa shape index (κ3) is 3.96. The first-order valence-electron chi connectivity index (χ1n) is 6.44. The Balaban J connectivity index is 1.83. The molecule has 5 nitrogen and oxygen atoms in total. The zero-order valence-electron chi connectivity index (χ0n) is 11.1. The van der Waals surface area contributed by atoms with E-state index in [1.165, 1.54) is 0 Å². The Labute approximate surface area is 114 Å². The van der Waals surface area contributed by atoms with Crippen LogP contribution in [0.3, 0.4) is 0 Å². The second kappa shape index (κ2) is 5.82. The standard InChI is InChI=1S/C12H17F3N4O/c1-9(7-19-5-2-4-16-19)17-10-3-6-18(11(10)20)8-12(13,14)15/h2,4-5,9-10,17H,3,6-8H2,1H3/t9-,10-/m1/s1. The van der Waals surface area contributed by atoms with Gasteiger partial charge in [-0.3, -0.25) is 9.48 Å². The number of rotatable bonds is 5. The Morgan fingerprint density at radius 2 is 2.30 bits per heavy atom. The molecule has 0 radical (unpaired) electrons. The first-order valence-corrected chi connectivity index (χ1v) is 6.44. The number of aromatic nitrogens is 2. The van der Waals surface area contributed by atoms with Gasteiger partial charge in [0, 0.05) is 25.0 Å². The molecule has 0 unspecified atom stereocenters. The lowest BCUT2D eigenvalue weighted by atomic mass is 10.2. The van der Waals surface area contributed by atoms with Crippen LogP contribution in [0.15, 0.2) is 18.5 Å².